The highest BCUT2D eigenvalue weighted by atomic mass is 35.5. The average molecular weight is 395 g/mol. The quantitative estimate of drug-likeness (QED) is 0.688. The molecule has 1 fully saturated rings. The van der Waals surface area contributed by atoms with Gasteiger partial charge in [-0.15, -0.1) is 0 Å². The number of carbonyl (C=O) groups excluding carboxylic acids is 2. The summed E-state index contributed by atoms with van der Waals surface area (Å²) in [6.45, 7) is 7.41. The Balaban J connectivity index is 1.89. The summed E-state index contributed by atoms with van der Waals surface area (Å²) in [5, 5.41) is 4.10. The number of esters is 1. The van der Waals surface area contributed by atoms with Crippen LogP contribution >= 0.6 is 11.6 Å². The van der Waals surface area contributed by atoms with Crippen LogP contribution in [-0.2, 0) is 14.3 Å². The van der Waals surface area contributed by atoms with Gasteiger partial charge >= 0.3 is 5.97 Å². The number of benzene rings is 1. The second-order valence-corrected chi connectivity index (χ2v) is 7.53. The Kier molecular flexibility index (Phi) is 5.74. The third kappa shape index (κ3) is 4.10. The lowest BCUT2D eigenvalue weighted by Crippen LogP contribution is -3.19. The number of aromatic nitrogens is 1. The molecule has 1 aliphatic rings. The Morgan fingerprint density at radius 1 is 1.33 bits per heavy atom. The Morgan fingerprint density at radius 3 is 2.63 bits per heavy atom. The minimum atomic E-state index is -0.550. The maximum atomic E-state index is 12.9. The van der Waals surface area contributed by atoms with E-state index in [0.717, 1.165) is 18.0 Å². The van der Waals surface area contributed by atoms with E-state index in [4.69, 9.17) is 21.1 Å². The number of rotatable bonds is 4. The molecule has 1 amide bonds. The van der Waals surface area contributed by atoms with Crippen LogP contribution in [0.1, 0.15) is 31.3 Å². The second-order valence-electron chi connectivity index (χ2n) is 7.09. The van der Waals surface area contributed by atoms with E-state index < -0.39 is 5.97 Å². The molecule has 1 unspecified atom stereocenters. The van der Waals surface area contributed by atoms with Crippen molar-refractivity contribution in [3.05, 3.63) is 28.9 Å². The predicted octanol–water partition coefficient (Wildman–Crippen LogP) is 1.63. The number of fused-ring (bicyclic) bond motifs is 1. The van der Waals surface area contributed by atoms with E-state index in [2.05, 4.69) is 10.3 Å². The zero-order valence-electron chi connectivity index (χ0n) is 15.9. The van der Waals surface area contributed by atoms with Gasteiger partial charge < -0.3 is 24.7 Å². The van der Waals surface area contributed by atoms with Gasteiger partial charge in [-0.25, -0.2) is 4.79 Å². The lowest BCUT2D eigenvalue weighted by Gasteiger charge is -2.35. The van der Waals surface area contributed by atoms with Crippen LogP contribution in [0.5, 0.6) is 0 Å². The second kappa shape index (κ2) is 7.88. The highest BCUT2D eigenvalue weighted by Gasteiger charge is 2.34. The number of aromatic amines is 1. The summed E-state index contributed by atoms with van der Waals surface area (Å²) < 4.78 is 10.6. The third-order valence-electron chi connectivity index (χ3n) is 4.97. The van der Waals surface area contributed by atoms with Crippen LogP contribution in [-0.4, -0.2) is 55.3 Å². The smallest absolute Gasteiger partial charge is 0.356 e. The minimum absolute atomic E-state index is 0.0940. The van der Waals surface area contributed by atoms with E-state index >= 15 is 0 Å². The monoisotopic (exact) mass is 394 g/mol. The maximum Gasteiger partial charge on any atom is 0.356 e. The Bertz CT molecular complexity index is 856. The average Bonchev–Trinajstić information content (AvgIpc) is 2.97. The van der Waals surface area contributed by atoms with Crippen LogP contribution < -0.4 is 10.2 Å². The summed E-state index contributed by atoms with van der Waals surface area (Å²) in [4.78, 5) is 29.3. The molecular weight excluding hydrogens is 370 g/mol. The van der Waals surface area contributed by atoms with Crippen LogP contribution in [0.3, 0.4) is 0 Å². The number of H-pyrrole nitrogens is 1. The van der Waals surface area contributed by atoms with E-state index in [-0.39, 0.29) is 29.9 Å². The number of halogens is 1. The summed E-state index contributed by atoms with van der Waals surface area (Å²) in [6.07, 6.45) is 0.188. The lowest BCUT2D eigenvalue weighted by molar-refractivity contribution is -0.928. The van der Waals surface area contributed by atoms with Gasteiger partial charge in [0.25, 0.3) is 5.91 Å². The molecule has 0 saturated carbocycles. The van der Waals surface area contributed by atoms with E-state index in [1.54, 1.807) is 18.2 Å². The molecule has 0 spiro atoms. The van der Waals surface area contributed by atoms with Gasteiger partial charge in [-0.2, -0.15) is 0 Å². The molecule has 3 rings (SSSR count). The fourth-order valence-corrected chi connectivity index (χ4v) is 3.81. The lowest BCUT2D eigenvalue weighted by atomic mass is 10.1. The van der Waals surface area contributed by atoms with Crippen LogP contribution in [0, 0.1) is 0 Å². The Hall–Kier alpha value is -2.09. The van der Waals surface area contributed by atoms with Crippen LogP contribution in [0.2, 0.25) is 5.02 Å². The van der Waals surface area contributed by atoms with Gasteiger partial charge in [0.05, 0.1) is 12.8 Å². The number of morpholine rings is 1. The molecule has 1 saturated heterocycles. The molecule has 0 radical (unpaired) electrons. The predicted molar refractivity (Wildman–Crippen MR) is 103 cm³/mol. The van der Waals surface area contributed by atoms with Crippen molar-refractivity contribution in [2.75, 3.05) is 25.5 Å². The molecule has 1 aromatic heterocycles. The van der Waals surface area contributed by atoms with E-state index in [9.17, 15) is 9.59 Å². The molecule has 3 N–H and O–H groups in total. The van der Waals surface area contributed by atoms with Crippen molar-refractivity contribution in [1.29, 1.82) is 0 Å². The number of ether oxygens (including phenoxy) is 2. The number of anilines is 1. The SMILES string of the molecule is COC(=O)c1[nH]c2ccc(Cl)cc2c1NC(=O)[C@H](C)[NH+]1C[C@@H](C)O[C@@H](C)C1. The highest BCUT2D eigenvalue weighted by Crippen LogP contribution is 2.30. The molecule has 146 valence electrons. The first-order valence-electron chi connectivity index (χ1n) is 9.00. The van der Waals surface area contributed by atoms with Gasteiger partial charge in [0, 0.05) is 15.9 Å². The fourth-order valence-electron chi connectivity index (χ4n) is 3.63. The molecule has 8 heteroatoms. The van der Waals surface area contributed by atoms with Gasteiger partial charge in [-0.1, -0.05) is 11.6 Å². The number of amides is 1. The van der Waals surface area contributed by atoms with Gasteiger partial charge in [-0.3, -0.25) is 4.79 Å². The molecule has 1 aromatic carbocycles. The Morgan fingerprint density at radius 2 is 2.00 bits per heavy atom. The molecule has 7 nitrogen and oxygen atoms in total. The molecule has 0 aliphatic carbocycles. The first-order chi connectivity index (χ1) is 12.8. The molecule has 2 aromatic rings. The van der Waals surface area contributed by atoms with Crippen molar-refractivity contribution in [3.63, 3.8) is 0 Å². The number of carbonyl (C=O) groups is 2. The van der Waals surface area contributed by atoms with Crippen molar-refractivity contribution in [2.45, 2.75) is 39.0 Å². The van der Waals surface area contributed by atoms with Crippen molar-refractivity contribution in [2.24, 2.45) is 0 Å². The van der Waals surface area contributed by atoms with Gasteiger partial charge in [0.15, 0.2) is 6.04 Å². The maximum absolute atomic E-state index is 12.9. The zero-order valence-corrected chi connectivity index (χ0v) is 16.6. The van der Waals surface area contributed by atoms with Crippen LogP contribution in [0.15, 0.2) is 18.2 Å². The summed E-state index contributed by atoms with van der Waals surface area (Å²) in [5.74, 6) is -0.719. The molecule has 4 atom stereocenters. The van der Waals surface area contributed by atoms with Crippen molar-refractivity contribution >= 4 is 40.1 Å². The number of hydrogen-bond acceptors (Lipinski definition) is 4. The molecule has 0 bridgehead atoms. The van der Waals surface area contributed by atoms with Gasteiger partial charge in [0.1, 0.15) is 31.0 Å². The standard InChI is InChI=1S/C19H24ClN3O4/c1-10-8-23(9-11(2)27-10)12(3)18(24)22-16-14-7-13(20)5-6-15(14)21-17(16)19(25)26-4/h5-7,10-12,21H,8-9H2,1-4H3,(H,22,24)/p+1/t10-,11+,12-/m0/s1. The summed E-state index contributed by atoms with van der Waals surface area (Å²) >= 11 is 6.11. The van der Waals surface area contributed by atoms with E-state index in [0.29, 0.717) is 21.6 Å². The van der Waals surface area contributed by atoms with Crippen LogP contribution in [0.25, 0.3) is 10.9 Å². The number of quaternary nitrogens is 1. The zero-order chi connectivity index (χ0) is 19.7. The topological polar surface area (TPSA) is 84.9 Å². The van der Waals surface area contributed by atoms with Crippen molar-refractivity contribution < 1.29 is 24.0 Å². The minimum Gasteiger partial charge on any atom is -0.464 e. The largest absolute Gasteiger partial charge is 0.464 e. The summed E-state index contributed by atoms with van der Waals surface area (Å²) in [7, 11) is 1.30. The Labute approximate surface area is 162 Å². The molecule has 2 heterocycles. The summed E-state index contributed by atoms with van der Waals surface area (Å²) in [6, 6.07) is 4.90. The number of nitrogens with one attached hydrogen (secondary N) is 3. The third-order valence-corrected chi connectivity index (χ3v) is 5.20. The van der Waals surface area contributed by atoms with E-state index in [1.165, 1.54) is 7.11 Å². The molecule has 27 heavy (non-hydrogen) atoms. The fraction of sp³-hybridized carbons (Fsp3) is 0.474. The molecular formula is C19H25ClN3O4+. The first kappa shape index (κ1) is 19.7. The summed E-state index contributed by atoms with van der Waals surface area (Å²) in [5.41, 5.74) is 1.29. The highest BCUT2D eigenvalue weighted by molar-refractivity contribution is 6.31. The van der Waals surface area contributed by atoms with Crippen molar-refractivity contribution in [1.82, 2.24) is 4.98 Å². The van der Waals surface area contributed by atoms with Crippen molar-refractivity contribution in [3.8, 4) is 0 Å². The number of methoxy groups -OCH3 is 1. The first-order valence-corrected chi connectivity index (χ1v) is 9.38. The van der Waals surface area contributed by atoms with Gasteiger partial charge in [0.2, 0.25) is 0 Å². The normalized spacial score (nSPS) is 23.8. The van der Waals surface area contributed by atoms with Crippen LogP contribution in [0.4, 0.5) is 5.69 Å². The molecule has 1 aliphatic heterocycles. The van der Waals surface area contributed by atoms with Gasteiger partial charge in [-0.05, 0) is 39.0 Å². The van der Waals surface area contributed by atoms with E-state index in [1.807, 2.05) is 20.8 Å². The number of hydrogen-bond donors (Lipinski definition) is 3.